The largest absolute Gasteiger partial charge is 0.478 e. The highest BCUT2D eigenvalue weighted by Gasteiger charge is 2.13. The number of aromatic carboxylic acids is 1. The van der Waals surface area contributed by atoms with E-state index in [4.69, 9.17) is 5.11 Å². The minimum atomic E-state index is -1.05. The summed E-state index contributed by atoms with van der Waals surface area (Å²) in [6.45, 7) is 2.10. The lowest BCUT2D eigenvalue weighted by atomic mass is 10.0. The van der Waals surface area contributed by atoms with Crippen molar-refractivity contribution in [3.8, 4) is 0 Å². The van der Waals surface area contributed by atoms with Crippen LogP contribution in [0, 0.1) is 0 Å². The molecule has 0 fully saturated rings. The fourth-order valence-electron chi connectivity index (χ4n) is 1.49. The third kappa shape index (κ3) is 4.82. The van der Waals surface area contributed by atoms with Crippen molar-refractivity contribution in [2.24, 2.45) is 0 Å². The van der Waals surface area contributed by atoms with Gasteiger partial charge in [0.05, 0.1) is 12.0 Å². The van der Waals surface area contributed by atoms with E-state index in [1.807, 2.05) is 0 Å². The van der Waals surface area contributed by atoms with Crippen molar-refractivity contribution in [3.63, 3.8) is 0 Å². The molecule has 0 saturated carbocycles. The molecule has 0 aliphatic carbocycles. The molecule has 104 valence electrons. The molecule has 0 radical (unpaired) electrons. The first-order valence-electron chi connectivity index (χ1n) is 5.82. The minimum absolute atomic E-state index is 0.00550. The Labute approximate surface area is 114 Å². The molecule has 19 heavy (non-hydrogen) atoms. The third-order valence-corrected chi connectivity index (χ3v) is 4.05. The van der Waals surface area contributed by atoms with E-state index in [0.29, 0.717) is 12.1 Å². The molecule has 0 aromatic heterocycles. The summed E-state index contributed by atoms with van der Waals surface area (Å²) in [5.41, 5.74) is 0.600. The molecule has 0 saturated heterocycles. The Morgan fingerprint density at radius 1 is 1.37 bits per heavy atom. The number of carbonyl (C=O) groups excluding carboxylic acids is 1. The Morgan fingerprint density at radius 2 is 2.00 bits per heavy atom. The average Bonchev–Trinajstić information content (AvgIpc) is 2.36. The molecular formula is C13H17NO4S. The lowest BCUT2D eigenvalue weighted by Gasteiger charge is -2.10. The summed E-state index contributed by atoms with van der Waals surface area (Å²) in [7, 11) is -0.994. The summed E-state index contributed by atoms with van der Waals surface area (Å²) in [6.07, 6.45) is 1.59. The van der Waals surface area contributed by atoms with E-state index in [9.17, 15) is 13.8 Å². The quantitative estimate of drug-likeness (QED) is 0.809. The number of rotatable bonds is 6. The van der Waals surface area contributed by atoms with Gasteiger partial charge in [0.15, 0.2) is 0 Å². The number of hydrogen-bond acceptors (Lipinski definition) is 3. The molecule has 1 aromatic carbocycles. The van der Waals surface area contributed by atoms with Crippen LogP contribution >= 0.6 is 0 Å². The maximum atomic E-state index is 11.7. The van der Waals surface area contributed by atoms with Crippen molar-refractivity contribution < 1.29 is 18.9 Å². The summed E-state index contributed by atoms with van der Waals surface area (Å²) < 4.78 is 11.1. The Hall–Kier alpha value is -1.69. The Kier molecular flexibility index (Phi) is 5.69. The monoisotopic (exact) mass is 283 g/mol. The van der Waals surface area contributed by atoms with Crippen molar-refractivity contribution in [2.45, 2.75) is 18.6 Å². The van der Waals surface area contributed by atoms with Crippen LogP contribution in [0.5, 0.6) is 0 Å². The number of nitrogens with one attached hydrogen (secondary N) is 1. The van der Waals surface area contributed by atoms with Crippen LogP contribution < -0.4 is 5.32 Å². The third-order valence-electron chi connectivity index (χ3n) is 2.75. The number of carbonyl (C=O) groups is 2. The van der Waals surface area contributed by atoms with E-state index in [1.165, 1.54) is 6.07 Å². The molecule has 6 heteroatoms. The Bertz CT molecular complexity index is 501. The predicted molar refractivity (Wildman–Crippen MR) is 73.6 cm³/mol. The van der Waals surface area contributed by atoms with Crippen LogP contribution in [0.2, 0.25) is 0 Å². The fourth-order valence-corrected chi connectivity index (χ4v) is 1.81. The molecule has 0 bridgehead atoms. The summed E-state index contributed by atoms with van der Waals surface area (Å²) in [4.78, 5) is 22.7. The SMILES string of the molecule is CC(CNC(=O)Cc1ccccc1C(=O)O)S(C)=O. The van der Waals surface area contributed by atoms with Crippen molar-refractivity contribution in [1.82, 2.24) is 5.32 Å². The van der Waals surface area contributed by atoms with Crippen molar-refractivity contribution in [1.29, 1.82) is 0 Å². The van der Waals surface area contributed by atoms with Gasteiger partial charge in [-0.25, -0.2) is 4.79 Å². The van der Waals surface area contributed by atoms with E-state index < -0.39 is 16.8 Å². The van der Waals surface area contributed by atoms with Crippen LogP contribution in [0.4, 0.5) is 0 Å². The molecule has 1 aromatic rings. The maximum absolute atomic E-state index is 11.7. The average molecular weight is 283 g/mol. The summed E-state index contributed by atoms with van der Waals surface area (Å²) >= 11 is 0. The Balaban J connectivity index is 2.63. The number of hydrogen-bond donors (Lipinski definition) is 2. The first-order chi connectivity index (χ1) is 8.91. The van der Waals surface area contributed by atoms with Crippen LogP contribution in [0.1, 0.15) is 22.8 Å². The van der Waals surface area contributed by atoms with Gasteiger partial charge in [0.25, 0.3) is 0 Å². The molecular weight excluding hydrogens is 266 g/mol. The van der Waals surface area contributed by atoms with Crippen molar-refractivity contribution in [2.75, 3.05) is 12.8 Å². The van der Waals surface area contributed by atoms with Gasteiger partial charge in [0.1, 0.15) is 0 Å². The predicted octanol–water partition coefficient (Wildman–Crippen LogP) is 0.810. The molecule has 1 amide bonds. The molecule has 1 rings (SSSR count). The zero-order valence-corrected chi connectivity index (χ0v) is 11.7. The van der Waals surface area contributed by atoms with Gasteiger partial charge in [-0.2, -0.15) is 0 Å². The highest BCUT2D eigenvalue weighted by atomic mass is 32.2. The van der Waals surface area contributed by atoms with Gasteiger partial charge in [-0.3, -0.25) is 9.00 Å². The Morgan fingerprint density at radius 3 is 2.58 bits per heavy atom. The van der Waals surface area contributed by atoms with E-state index in [-0.39, 0.29) is 23.1 Å². The first-order valence-corrected chi connectivity index (χ1v) is 7.44. The van der Waals surface area contributed by atoms with E-state index in [2.05, 4.69) is 5.32 Å². The van der Waals surface area contributed by atoms with Crippen molar-refractivity contribution >= 4 is 22.7 Å². The van der Waals surface area contributed by atoms with Gasteiger partial charge in [0.2, 0.25) is 5.91 Å². The smallest absolute Gasteiger partial charge is 0.335 e. The van der Waals surface area contributed by atoms with Gasteiger partial charge in [-0.05, 0) is 18.6 Å². The number of carboxylic acids is 1. The highest BCUT2D eigenvalue weighted by Crippen LogP contribution is 2.09. The number of benzene rings is 1. The molecule has 0 heterocycles. The molecule has 0 aliphatic rings. The van der Waals surface area contributed by atoms with Crippen LogP contribution in [0.15, 0.2) is 24.3 Å². The first kappa shape index (κ1) is 15.4. The van der Waals surface area contributed by atoms with Gasteiger partial charge in [0, 0.05) is 28.9 Å². The molecule has 0 aliphatic heterocycles. The molecule has 5 nitrogen and oxygen atoms in total. The zero-order valence-electron chi connectivity index (χ0n) is 10.9. The van der Waals surface area contributed by atoms with Gasteiger partial charge in [-0.15, -0.1) is 0 Å². The van der Waals surface area contributed by atoms with Crippen LogP contribution in [0.25, 0.3) is 0 Å². The standard InChI is InChI=1S/C13H17NO4S/c1-9(19(2)18)8-14-12(15)7-10-5-3-4-6-11(10)13(16)17/h3-6,9H,7-8H2,1-2H3,(H,14,15)(H,16,17). The van der Waals surface area contributed by atoms with E-state index >= 15 is 0 Å². The second kappa shape index (κ2) is 7.04. The van der Waals surface area contributed by atoms with Crippen LogP contribution in [0.3, 0.4) is 0 Å². The van der Waals surface area contributed by atoms with Crippen LogP contribution in [-0.4, -0.2) is 39.2 Å². The zero-order chi connectivity index (χ0) is 14.4. The van der Waals surface area contributed by atoms with Gasteiger partial charge in [-0.1, -0.05) is 18.2 Å². The molecule has 2 unspecified atom stereocenters. The van der Waals surface area contributed by atoms with Crippen LogP contribution in [-0.2, 0) is 22.0 Å². The summed E-state index contributed by atoms with van der Waals surface area (Å²) in [6, 6.07) is 6.39. The van der Waals surface area contributed by atoms with Gasteiger partial charge >= 0.3 is 5.97 Å². The molecule has 2 atom stereocenters. The molecule has 0 spiro atoms. The summed E-state index contributed by atoms with van der Waals surface area (Å²) in [5, 5.41) is 11.5. The van der Waals surface area contributed by atoms with E-state index in [1.54, 1.807) is 31.4 Å². The number of carboxylic acid groups (broad SMARTS) is 1. The number of amides is 1. The van der Waals surface area contributed by atoms with Crippen molar-refractivity contribution in [3.05, 3.63) is 35.4 Å². The second-order valence-electron chi connectivity index (χ2n) is 4.25. The molecule has 2 N–H and O–H groups in total. The maximum Gasteiger partial charge on any atom is 0.335 e. The van der Waals surface area contributed by atoms with Gasteiger partial charge < -0.3 is 10.4 Å². The topological polar surface area (TPSA) is 83.5 Å². The summed E-state index contributed by atoms with van der Waals surface area (Å²) in [5.74, 6) is -1.32. The fraction of sp³-hybridized carbons (Fsp3) is 0.385. The lowest BCUT2D eigenvalue weighted by molar-refractivity contribution is -0.120. The highest BCUT2D eigenvalue weighted by molar-refractivity contribution is 7.84. The van der Waals surface area contributed by atoms with E-state index in [0.717, 1.165) is 0 Å². The second-order valence-corrected chi connectivity index (χ2v) is 6.05. The normalized spacial score (nSPS) is 13.6. The minimum Gasteiger partial charge on any atom is -0.478 e. The lowest BCUT2D eigenvalue weighted by Crippen LogP contribution is -2.33.